The van der Waals surface area contributed by atoms with Crippen LogP contribution in [-0.4, -0.2) is 0 Å². The zero-order valence-electron chi connectivity index (χ0n) is 7.23. The second kappa shape index (κ2) is 3.31. The minimum atomic E-state index is 0.862. The Morgan fingerprint density at radius 2 is 2.08 bits per heavy atom. The van der Waals surface area contributed by atoms with Gasteiger partial charge in [0.1, 0.15) is 11.3 Å². The third kappa shape index (κ3) is 1.54. The molecule has 0 saturated carbocycles. The van der Waals surface area contributed by atoms with Crippen molar-refractivity contribution in [2.24, 2.45) is 0 Å². The highest BCUT2D eigenvalue weighted by molar-refractivity contribution is 5.79. The summed E-state index contributed by atoms with van der Waals surface area (Å²) in [6.07, 6.45) is 5.48. The summed E-state index contributed by atoms with van der Waals surface area (Å²) in [5.74, 6) is 0.862. The van der Waals surface area contributed by atoms with Crippen LogP contribution in [0.4, 0.5) is 0 Å². The molecule has 0 N–H and O–H groups in total. The molecule has 0 aliphatic heterocycles. The van der Waals surface area contributed by atoms with Gasteiger partial charge in [0, 0.05) is 5.39 Å². The number of fused-ring (bicyclic) bond motifs is 1. The standard InChI is InChI=1S/C12H10O/c1-2-3-7-11-9-10-6-4-5-8-12(10)13-11/h2-9H,1H2. The predicted molar refractivity (Wildman–Crippen MR) is 55.4 cm³/mol. The van der Waals surface area contributed by atoms with Gasteiger partial charge in [0.15, 0.2) is 0 Å². The molecular formula is C12H10O. The molecule has 1 aromatic heterocycles. The van der Waals surface area contributed by atoms with Crippen molar-refractivity contribution in [2.45, 2.75) is 0 Å². The Kier molecular flexibility index (Phi) is 2.01. The highest BCUT2D eigenvalue weighted by Gasteiger charge is 1.97. The Morgan fingerprint density at radius 1 is 1.23 bits per heavy atom. The SMILES string of the molecule is C=CC=Cc1cc2ccccc2o1. The van der Waals surface area contributed by atoms with Gasteiger partial charge in [-0.2, -0.15) is 0 Å². The van der Waals surface area contributed by atoms with Gasteiger partial charge in [-0.25, -0.2) is 0 Å². The third-order valence-corrected chi connectivity index (χ3v) is 1.84. The predicted octanol–water partition coefficient (Wildman–Crippen LogP) is 3.63. The van der Waals surface area contributed by atoms with E-state index in [0.717, 1.165) is 16.7 Å². The van der Waals surface area contributed by atoms with Gasteiger partial charge >= 0.3 is 0 Å². The molecule has 0 atom stereocenters. The lowest BCUT2D eigenvalue weighted by Crippen LogP contribution is -1.57. The maximum atomic E-state index is 5.54. The van der Waals surface area contributed by atoms with Gasteiger partial charge in [-0.3, -0.25) is 0 Å². The van der Waals surface area contributed by atoms with Gasteiger partial charge in [-0.1, -0.05) is 36.9 Å². The van der Waals surface area contributed by atoms with Crippen LogP contribution in [0.5, 0.6) is 0 Å². The second-order valence-electron chi connectivity index (χ2n) is 2.78. The second-order valence-corrected chi connectivity index (χ2v) is 2.78. The molecule has 1 nitrogen and oxygen atoms in total. The Labute approximate surface area is 77.0 Å². The Morgan fingerprint density at radius 3 is 2.85 bits per heavy atom. The summed E-state index contributed by atoms with van der Waals surface area (Å²) in [7, 11) is 0. The fourth-order valence-electron chi connectivity index (χ4n) is 1.25. The summed E-state index contributed by atoms with van der Waals surface area (Å²) in [5.41, 5.74) is 0.922. The van der Waals surface area contributed by atoms with Gasteiger partial charge < -0.3 is 4.42 Å². The number of allylic oxidation sites excluding steroid dienone is 2. The summed E-state index contributed by atoms with van der Waals surface area (Å²) >= 11 is 0. The topological polar surface area (TPSA) is 13.1 Å². The molecule has 0 spiro atoms. The van der Waals surface area contributed by atoms with Crippen LogP contribution in [-0.2, 0) is 0 Å². The van der Waals surface area contributed by atoms with E-state index in [4.69, 9.17) is 4.42 Å². The van der Waals surface area contributed by atoms with Crippen LogP contribution in [0.1, 0.15) is 5.76 Å². The van der Waals surface area contributed by atoms with Crippen LogP contribution in [0.3, 0.4) is 0 Å². The van der Waals surface area contributed by atoms with Crippen molar-refractivity contribution in [3.8, 4) is 0 Å². The molecule has 64 valence electrons. The normalized spacial score (nSPS) is 11.1. The van der Waals surface area contributed by atoms with E-state index in [0.29, 0.717) is 0 Å². The minimum Gasteiger partial charge on any atom is -0.457 e. The van der Waals surface area contributed by atoms with Crippen LogP contribution >= 0.6 is 0 Å². The number of hydrogen-bond acceptors (Lipinski definition) is 1. The first kappa shape index (κ1) is 7.87. The molecule has 2 rings (SSSR count). The summed E-state index contributed by atoms with van der Waals surface area (Å²) < 4.78 is 5.54. The van der Waals surface area contributed by atoms with E-state index in [1.807, 2.05) is 42.5 Å². The highest BCUT2D eigenvalue weighted by atomic mass is 16.3. The molecular weight excluding hydrogens is 160 g/mol. The van der Waals surface area contributed by atoms with E-state index in [2.05, 4.69) is 6.58 Å². The highest BCUT2D eigenvalue weighted by Crippen LogP contribution is 2.19. The largest absolute Gasteiger partial charge is 0.457 e. The average Bonchev–Trinajstić information content (AvgIpc) is 2.57. The monoisotopic (exact) mass is 170 g/mol. The molecule has 1 heteroatoms. The quantitative estimate of drug-likeness (QED) is 0.627. The van der Waals surface area contributed by atoms with Crippen molar-refractivity contribution >= 4 is 17.0 Å². The van der Waals surface area contributed by atoms with Crippen molar-refractivity contribution in [1.29, 1.82) is 0 Å². The van der Waals surface area contributed by atoms with Crippen LogP contribution in [0.25, 0.3) is 17.0 Å². The van der Waals surface area contributed by atoms with E-state index in [-0.39, 0.29) is 0 Å². The minimum absolute atomic E-state index is 0.862. The first-order valence-corrected chi connectivity index (χ1v) is 4.18. The zero-order chi connectivity index (χ0) is 9.10. The van der Waals surface area contributed by atoms with Crippen LogP contribution in [0.15, 0.2) is 53.5 Å². The van der Waals surface area contributed by atoms with Gasteiger partial charge in [0.25, 0.3) is 0 Å². The lowest BCUT2D eigenvalue weighted by atomic mass is 10.2. The van der Waals surface area contributed by atoms with Crippen LogP contribution in [0, 0.1) is 0 Å². The molecule has 0 saturated heterocycles. The van der Waals surface area contributed by atoms with Gasteiger partial charge in [-0.15, -0.1) is 0 Å². The number of para-hydroxylation sites is 1. The van der Waals surface area contributed by atoms with Crippen molar-refractivity contribution in [2.75, 3.05) is 0 Å². The summed E-state index contributed by atoms with van der Waals surface area (Å²) in [6, 6.07) is 9.96. The lowest BCUT2D eigenvalue weighted by Gasteiger charge is -1.82. The van der Waals surface area contributed by atoms with Crippen LogP contribution < -0.4 is 0 Å². The number of hydrogen-bond donors (Lipinski definition) is 0. The first-order chi connectivity index (χ1) is 6.40. The van der Waals surface area contributed by atoms with E-state index >= 15 is 0 Å². The van der Waals surface area contributed by atoms with E-state index in [1.165, 1.54) is 0 Å². The Balaban J connectivity index is 2.49. The van der Waals surface area contributed by atoms with Gasteiger partial charge in [0.05, 0.1) is 0 Å². The Bertz CT molecular complexity index is 416. The molecule has 0 fully saturated rings. The van der Waals surface area contributed by atoms with Gasteiger partial charge in [0.2, 0.25) is 0 Å². The zero-order valence-corrected chi connectivity index (χ0v) is 7.23. The molecule has 1 heterocycles. The summed E-state index contributed by atoms with van der Waals surface area (Å²) in [5, 5.41) is 1.13. The fourth-order valence-corrected chi connectivity index (χ4v) is 1.25. The first-order valence-electron chi connectivity index (χ1n) is 4.18. The molecule has 2 aromatic rings. The molecule has 13 heavy (non-hydrogen) atoms. The summed E-state index contributed by atoms with van der Waals surface area (Å²) in [4.78, 5) is 0. The van der Waals surface area contributed by atoms with E-state index in [9.17, 15) is 0 Å². The summed E-state index contributed by atoms with van der Waals surface area (Å²) in [6.45, 7) is 3.60. The molecule has 0 bridgehead atoms. The third-order valence-electron chi connectivity index (χ3n) is 1.84. The van der Waals surface area contributed by atoms with Crippen molar-refractivity contribution in [3.63, 3.8) is 0 Å². The smallest absolute Gasteiger partial charge is 0.134 e. The maximum absolute atomic E-state index is 5.54. The molecule has 0 aliphatic rings. The molecule has 1 aromatic carbocycles. The Hall–Kier alpha value is -1.76. The number of furan rings is 1. The van der Waals surface area contributed by atoms with Gasteiger partial charge in [-0.05, 0) is 18.2 Å². The van der Waals surface area contributed by atoms with E-state index < -0.39 is 0 Å². The fraction of sp³-hybridized carbons (Fsp3) is 0. The lowest BCUT2D eigenvalue weighted by molar-refractivity contribution is 0.604. The molecule has 0 aliphatic carbocycles. The maximum Gasteiger partial charge on any atom is 0.134 e. The number of rotatable bonds is 2. The van der Waals surface area contributed by atoms with Crippen molar-refractivity contribution in [1.82, 2.24) is 0 Å². The number of benzene rings is 1. The molecule has 0 unspecified atom stereocenters. The van der Waals surface area contributed by atoms with Crippen LogP contribution in [0.2, 0.25) is 0 Å². The molecule has 0 radical (unpaired) electrons. The van der Waals surface area contributed by atoms with Crippen molar-refractivity contribution in [3.05, 3.63) is 54.8 Å². The molecule has 0 amide bonds. The average molecular weight is 170 g/mol. The van der Waals surface area contributed by atoms with Crippen molar-refractivity contribution < 1.29 is 4.42 Å². The van der Waals surface area contributed by atoms with E-state index in [1.54, 1.807) is 6.08 Å².